The van der Waals surface area contributed by atoms with Gasteiger partial charge in [0.15, 0.2) is 0 Å². The maximum Gasteiger partial charge on any atom is 0.255 e. The lowest BCUT2D eigenvalue weighted by atomic mass is 10.4. The van der Waals surface area contributed by atoms with Crippen molar-refractivity contribution in [3.8, 4) is 0 Å². The average Bonchev–Trinajstić information content (AvgIpc) is 3.44. The Balaban J connectivity index is 1.92. The Labute approximate surface area is 140 Å². The van der Waals surface area contributed by atoms with E-state index in [1.165, 1.54) is 23.2 Å². The number of ether oxygens (including phenoxy) is 1. The zero-order valence-electron chi connectivity index (χ0n) is 13.9. The molecule has 3 heteroatoms. The van der Waals surface area contributed by atoms with Crippen molar-refractivity contribution in [2.75, 3.05) is 13.2 Å². The van der Waals surface area contributed by atoms with Gasteiger partial charge in [0.1, 0.15) is 0 Å². The quantitative estimate of drug-likeness (QED) is 0.521. The van der Waals surface area contributed by atoms with Gasteiger partial charge in [0, 0.05) is 6.61 Å². The van der Waals surface area contributed by atoms with Gasteiger partial charge in [0.05, 0.1) is 12.7 Å². The summed E-state index contributed by atoms with van der Waals surface area (Å²) in [7, 11) is -2.16. The fraction of sp³-hybridized carbons (Fsp3) is 0.400. The van der Waals surface area contributed by atoms with Crippen molar-refractivity contribution < 1.29 is 9.16 Å². The van der Waals surface area contributed by atoms with Gasteiger partial charge in [-0.15, -0.1) is 0 Å². The summed E-state index contributed by atoms with van der Waals surface area (Å²) in [6, 6.07) is 22.9. The predicted molar refractivity (Wildman–Crippen MR) is 97.9 cm³/mol. The summed E-state index contributed by atoms with van der Waals surface area (Å²) >= 11 is 0. The van der Waals surface area contributed by atoms with Crippen LogP contribution < -0.4 is 10.4 Å². The van der Waals surface area contributed by atoms with Crippen molar-refractivity contribution in [3.63, 3.8) is 0 Å². The highest BCUT2D eigenvalue weighted by Gasteiger charge is 2.39. The molecule has 1 heterocycles. The normalized spacial score (nSPS) is 17.2. The highest BCUT2D eigenvalue weighted by Crippen LogP contribution is 2.20. The van der Waals surface area contributed by atoms with Crippen molar-refractivity contribution in [1.82, 2.24) is 0 Å². The summed E-state index contributed by atoms with van der Waals surface area (Å²) in [5.74, 6) is 0. The van der Waals surface area contributed by atoms with E-state index in [1.807, 2.05) is 0 Å². The zero-order chi connectivity index (χ0) is 16.0. The molecule has 1 saturated heterocycles. The van der Waals surface area contributed by atoms with Gasteiger partial charge in [-0.2, -0.15) is 0 Å². The molecule has 3 rings (SSSR count). The molecule has 2 aromatic rings. The van der Waals surface area contributed by atoms with Crippen molar-refractivity contribution >= 4 is 18.7 Å². The molecule has 0 bridgehead atoms. The number of hydrogen-bond acceptors (Lipinski definition) is 2. The molecular weight excluding hydrogens is 300 g/mol. The van der Waals surface area contributed by atoms with Crippen LogP contribution in [0.1, 0.15) is 26.2 Å². The van der Waals surface area contributed by atoms with Crippen molar-refractivity contribution in [2.45, 2.75) is 38.3 Å². The molecule has 1 unspecified atom stereocenters. The molecule has 122 valence electrons. The van der Waals surface area contributed by atoms with E-state index < -0.39 is 8.32 Å². The van der Waals surface area contributed by atoms with Gasteiger partial charge in [-0.25, -0.2) is 0 Å². The van der Waals surface area contributed by atoms with Gasteiger partial charge in [-0.3, -0.25) is 0 Å². The van der Waals surface area contributed by atoms with Crippen LogP contribution >= 0.6 is 0 Å². The molecule has 0 amide bonds. The Morgan fingerprint density at radius 2 is 1.57 bits per heavy atom. The van der Waals surface area contributed by atoms with Crippen LogP contribution in [0.15, 0.2) is 60.7 Å². The first-order valence-electron chi connectivity index (χ1n) is 8.72. The summed E-state index contributed by atoms with van der Waals surface area (Å²) in [6.45, 7) is 3.96. The van der Waals surface area contributed by atoms with Crippen LogP contribution in [0.2, 0.25) is 6.04 Å². The lowest BCUT2D eigenvalue weighted by Gasteiger charge is -2.32. The standard InChI is InChI=1S/C20H26O2Si/c1-2-3-16-23(19-10-6-4-7-11-19,20-12-8-5-9-13-20)22-15-14-18-17-21-18/h4-13,18H,2-3,14-17H2,1H3. The van der Waals surface area contributed by atoms with E-state index >= 15 is 0 Å². The Morgan fingerprint density at radius 3 is 2.04 bits per heavy atom. The molecule has 1 atom stereocenters. The topological polar surface area (TPSA) is 21.8 Å². The second-order valence-corrected chi connectivity index (χ2v) is 9.85. The van der Waals surface area contributed by atoms with Gasteiger partial charge >= 0.3 is 0 Å². The Hall–Kier alpha value is -1.42. The van der Waals surface area contributed by atoms with E-state index in [1.54, 1.807) is 0 Å². The molecule has 2 aromatic carbocycles. The smallest absolute Gasteiger partial charge is 0.255 e. The molecular formula is C20H26O2Si. The molecule has 0 radical (unpaired) electrons. The first-order valence-corrected chi connectivity index (χ1v) is 10.8. The van der Waals surface area contributed by atoms with Crippen LogP contribution in [0.4, 0.5) is 0 Å². The fourth-order valence-corrected chi connectivity index (χ4v) is 7.30. The third kappa shape index (κ3) is 4.11. The Kier molecular flexibility index (Phi) is 5.65. The van der Waals surface area contributed by atoms with Crippen molar-refractivity contribution in [2.24, 2.45) is 0 Å². The van der Waals surface area contributed by atoms with Gasteiger partial charge in [-0.05, 0) is 22.8 Å². The molecule has 2 nitrogen and oxygen atoms in total. The second kappa shape index (κ2) is 7.91. The molecule has 23 heavy (non-hydrogen) atoms. The molecule has 0 aromatic heterocycles. The maximum atomic E-state index is 6.71. The molecule has 0 spiro atoms. The van der Waals surface area contributed by atoms with Crippen molar-refractivity contribution in [1.29, 1.82) is 0 Å². The monoisotopic (exact) mass is 326 g/mol. The van der Waals surface area contributed by atoms with E-state index in [9.17, 15) is 0 Å². The highest BCUT2D eigenvalue weighted by atomic mass is 28.4. The van der Waals surface area contributed by atoms with Gasteiger partial charge in [0.25, 0.3) is 8.32 Å². The predicted octanol–water partition coefficient (Wildman–Crippen LogP) is 3.35. The molecule has 1 fully saturated rings. The third-order valence-electron chi connectivity index (χ3n) is 4.55. The van der Waals surface area contributed by atoms with E-state index in [4.69, 9.17) is 9.16 Å². The summed E-state index contributed by atoms with van der Waals surface area (Å²) in [4.78, 5) is 0. The molecule has 0 aliphatic carbocycles. The minimum atomic E-state index is -2.16. The largest absolute Gasteiger partial charge is 0.408 e. The number of epoxide rings is 1. The average molecular weight is 327 g/mol. The Morgan fingerprint density at radius 1 is 1.00 bits per heavy atom. The molecule has 1 aliphatic rings. The van der Waals surface area contributed by atoms with Crippen LogP contribution in [0, 0.1) is 0 Å². The summed E-state index contributed by atoms with van der Waals surface area (Å²) in [5, 5.41) is 2.77. The van der Waals surface area contributed by atoms with Crippen LogP contribution in [0.3, 0.4) is 0 Å². The summed E-state index contributed by atoms with van der Waals surface area (Å²) < 4.78 is 12.1. The van der Waals surface area contributed by atoms with Crippen LogP contribution in [-0.4, -0.2) is 27.6 Å². The van der Waals surface area contributed by atoms with Crippen molar-refractivity contribution in [3.05, 3.63) is 60.7 Å². The van der Waals surface area contributed by atoms with Crippen LogP contribution in [0.5, 0.6) is 0 Å². The fourth-order valence-electron chi connectivity index (χ4n) is 3.13. The number of benzene rings is 2. The lowest BCUT2D eigenvalue weighted by Crippen LogP contribution is -2.60. The zero-order valence-corrected chi connectivity index (χ0v) is 14.9. The first kappa shape index (κ1) is 16.4. The second-order valence-electron chi connectivity index (χ2n) is 6.26. The van der Waals surface area contributed by atoms with E-state index in [0.29, 0.717) is 6.10 Å². The maximum absolute atomic E-state index is 6.71. The first-order chi connectivity index (χ1) is 11.3. The minimum absolute atomic E-state index is 0.430. The lowest BCUT2D eigenvalue weighted by molar-refractivity contribution is 0.280. The molecule has 1 aliphatic heterocycles. The number of unbranched alkanes of at least 4 members (excludes halogenated alkanes) is 1. The Bertz CT molecular complexity index is 542. The van der Waals surface area contributed by atoms with E-state index in [0.717, 1.165) is 25.7 Å². The van der Waals surface area contributed by atoms with E-state index in [-0.39, 0.29) is 0 Å². The number of rotatable bonds is 9. The van der Waals surface area contributed by atoms with E-state index in [2.05, 4.69) is 67.6 Å². The van der Waals surface area contributed by atoms with Gasteiger partial charge < -0.3 is 9.16 Å². The number of hydrogen-bond donors (Lipinski definition) is 0. The summed E-state index contributed by atoms with van der Waals surface area (Å²) in [5.41, 5.74) is 0. The SMILES string of the molecule is CCCC[Si](OCCC1CO1)(c1ccccc1)c1ccccc1. The highest BCUT2D eigenvalue weighted by molar-refractivity contribution is 6.97. The third-order valence-corrected chi connectivity index (χ3v) is 8.84. The summed E-state index contributed by atoms with van der Waals surface area (Å²) in [6.07, 6.45) is 3.85. The van der Waals surface area contributed by atoms with Crippen LogP contribution in [-0.2, 0) is 9.16 Å². The van der Waals surface area contributed by atoms with Gasteiger partial charge in [-0.1, -0.05) is 80.4 Å². The van der Waals surface area contributed by atoms with Gasteiger partial charge in [0.2, 0.25) is 0 Å². The minimum Gasteiger partial charge on any atom is -0.408 e. The van der Waals surface area contributed by atoms with Crippen LogP contribution in [0.25, 0.3) is 0 Å². The molecule has 0 saturated carbocycles. The molecule has 0 N–H and O–H groups in total.